The van der Waals surface area contributed by atoms with Gasteiger partial charge in [-0.1, -0.05) is 36.4 Å². The molecule has 144 valence electrons. The minimum Gasteiger partial charge on any atom is -0.293 e. The van der Waals surface area contributed by atoms with Crippen LogP contribution in [0.1, 0.15) is 22.4 Å². The number of hydrogen-bond donors (Lipinski definition) is 0. The van der Waals surface area contributed by atoms with E-state index >= 15 is 0 Å². The van der Waals surface area contributed by atoms with Gasteiger partial charge in [0.1, 0.15) is 5.65 Å². The Hall–Kier alpha value is -4.05. The normalized spacial score (nSPS) is 13.5. The number of aromatic nitrogens is 4. The minimum absolute atomic E-state index is 0.886. The Morgan fingerprint density at radius 1 is 0.742 bits per heavy atom. The van der Waals surface area contributed by atoms with Gasteiger partial charge < -0.3 is 0 Å². The van der Waals surface area contributed by atoms with Crippen LogP contribution in [0.15, 0.2) is 73.2 Å². The quantitative estimate of drug-likeness (QED) is 0.315. The third kappa shape index (κ3) is 1.84. The van der Waals surface area contributed by atoms with E-state index in [9.17, 15) is 0 Å². The van der Waals surface area contributed by atoms with E-state index in [0.717, 1.165) is 46.0 Å². The Morgan fingerprint density at radius 2 is 1.65 bits per heavy atom. The largest absolute Gasteiger partial charge is 0.293 e. The van der Waals surface area contributed by atoms with Crippen molar-refractivity contribution in [3.63, 3.8) is 0 Å². The lowest BCUT2D eigenvalue weighted by molar-refractivity contribution is 1.08. The van der Waals surface area contributed by atoms with Gasteiger partial charge in [-0.3, -0.25) is 14.4 Å². The van der Waals surface area contributed by atoms with Gasteiger partial charge in [0.2, 0.25) is 0 Å². The smallest absolute Gasteiger partial charge is 0.147 e. The van der Waals surface area contributed by atoms with Gasteiger partial charge in [0.15, 0.2) is 0 Å². The number of rotatable bonds is 0. The van der Waals surface area contributed by atoms with Gasteiger partial charge in [0, 0.05) is 35.2 Å². The fourth-order valence-corrected chi connectivity index (χ4v) is 5.69. The molecule has 4 aromatic heterocycles. The number of benzene rings is 2. The lowest BCUT2D eigenvalue weighted by Gasteiger charge is -2.10. The van der Waals surface area contributed by atoms with Crippen molar-refractivity contribution in [2.45, 2.75) is 12.8 Å². The molecule has 4 nitrogen and oxygen atoms in total. The van der Waals surface area contributed by atoms with Gasteiger partial charge in [-0.05, 0) is 52.4 Å². The van der Waals surface area contributed by atoms with Gasteiger partial charge >= 0.3 is 0 Å². The number of imidazole rings is 1. The molecule has 0 fully saturated rings. The predicted molar refractivity (Wildman–Crippen MR) is 122 cm³/mol. The van der Waals surface area contributed by atoms with Crippen molar-refractivity contribution < 1.29 is 0 Å². The summed E-state index contributed by atoms with van der Waals surface area (Å²) in [7, 11) is 0. The van der Waals surface area contributed by atoms with E-state index < -0.39 is 0 Å². The lowest BCUT2D eigenvalue weighted by Crippen LogP contribution is -1.97. The van der Waals surface area contributed by atoms with Gasteiger partial charge in [-0.25, -0.2) is 4.98 Å². The van der Waals surface area contributed by atoms with Crippen molar-refractivity contribution in [3.8, 4) is 22.4 Å². The SMILES string of the molecule is c1ccc2c(c1)Cc1ccc3c(c1-2)-c1nc2c4cccnc4c4ccncc4n2c1C3. The lowest BCUT2D eigenvalue weighted by atomic mass is 9.96. The molecule has 2 aromatic carbocycles. The Balaban J connectivity index is 1.55. The Kier molecular flexibility index (Phi) is 2.72. The first kappa shape index (κ1) is 15.7. The summed E-state index contributed by atoms with van der Waals surface area (Å²) in [6.07, 6.45) is 7.53. The standard InChI is InChI=1S/C27H16N4/c1-2-5-18-15(4-1)12-16-7-8-17-13-21-26(24(17)23(16)18)30-27-20-6-3-10-29-25(20)19-9-11-28-14-22(19)31(21)27/h1-11,14H,12-13H2. The van der Waals surface area contributed by atoms with Crippen LogP contribution in [-0.2, 0) is 12.8 Å². The molecular formula is C27H16N4. The van der Waals surface area contributed by atoms with Crippen LogP contribution >= 0.6 is 0 Å². The van der Waals surface area contributed by atoms with E-state index in [4.69, 9.17) is 9.97 Å². The van der Waals surface area contributed by atoms with Crippen molar-refractivity contribution in [1.29, 1.82) is 0 Å². The Bertz CT molecular complexity index is 1740. The van der Waals surface area contributed by atoms with E-state index in [1.807, 2.05) is 24.7 Å². The van der Waals surface area contributed by atoms with Crippen LogP contribution in [0, 0.1) is 0 Å². The average molecular weight is 396 g/mol. The van der Waals surface area contributed by atoms with Crippen molar-refractivity contribution in [3.05, 3.63) is 95.6 Å². The fraction of sp³-hybridized carbons (Fsp3) is 0.0741. The van der Waals surface area contributed by atoms with Crippen molar-refractivity contribution in [1.82, 2.24) is 19.4 Å². The molecule has 0 amide bonds. The number of fused-ring (bicyclic) bond motifs is 14. The van der Waals surface area contributed by atoms with E-state index in [-0.39, 0.29) is 0 Å². The third-order valence-corrected chi connectivity index (χ3v) is 6.96. The molecule has 0 saturated heterocycles. The second kappa shape index (κ2) is 5.35. The van der Waals surface area contributed by atoms with Crippen LogP contribution in [0.4, 0.5) is 0 Å². The average Bonchev–Trinajstić information content (AvgIpc) is 3.48. The van der Waals surface area contributed by atoms with E-state index in [2.05, 4.69) is 57.9 Å². The summed E-state index contributed by atoms with van der Waals surface area (Å²) in [5, 5.41) is 2.20. The summed E-state index contributed by atoms with van der Waals surface area (Å²) < 4.78 is 2.31. The van der Waals surface area contributed by atoms with E-state index in [1.165, 1.54) is 39.1 Å². The summed E-state index contributed by atoms with van der Waals surface area (Å²) in [6, 6.07) is 19.6. The molecule has 8 rings (SSSR count). The zero-order valence-electron chi connectivity index (χ0n) is 16.6. The molecule has 31 heavy (non-hydrogen) atoms. The van der Waals surface area contributed by atoms with Gasteiger partial charge in [-0.15, -0.1) is 0 Å². The topological polar surface area (TPSA) is 43.1 Å². The maximum absolute atomic E-state index is 5.26. The molecule has 4 heteroatoms. The van der Waals surface area contributed by atoms with Crippen molar-refractivity contribution >= 4 is 27.5 Å². The molecule has 0 atom stereocenters. The molecule has 2 aliphatic rings. The van der Waals surface area contributed by atoms with Crippen LogP contribution in [-0.4, -0.2) is 19.4 Å². The van der Waals surface area contributed by atoms with Crippen molar-refractivity contribution in [2.24, 2.45) is 0 Å². The predicted octanol–water partition coefficient (Wildman–Crippen LogP) is 5.57. The van der Waals surface area contributed by atoms with Gasteiger partial charge in [0.05, 0.1) is 28.6 Å². The monoisotopic (exact) mass is 396 g/mol. The van der Waals surface area contributed by atoms with E-state index in [1.54, 1.807) is 0 Å². The Labute approximate surface area is 177 Å². The summed E-state index contributed by atoms with van der Waals surface area (Å²) in [5.74, 6) is 0. The highest BCUT2D eigenvalue weighted by Crippen LogP contribution is 2.49. The van der Waals surface area contributed by atoms with Gasteiger partial charge in [0.25, 0.3) is 0 Å². The second-order valence-electron chi connectivity index (χ2n) is 8.50. The highest BCUT2D eigenvalue weighted by Gasteiger charge is 2.32. The molecule has 0 N–H and O–H groups in total. The highest BCUT2D eigenvalue weighted by atomic mass is 15.0. The molecule has 0 saturated carbocycles. The van der Waals surface area contributed by atoms with Crippen LogP contribution in [0.25, 0.3) is 49.8 Å². The summed E-state index contributed by atoms with van der Waals surface area (Å²) in [4.78, 5) is 14.4. The maximum atomic E-state index is 5.26. The fourth-order valence-electron chi connectivity index (χ4n) is 5.69. The molecule has 6 aromatic rings. The maximum Gasteiger partial charge on any atom is 0.147 e. The molecule has 0 bridgehead atoms. The van der Waals surface area contributed by atoms with Crippen LogP contribution in [0.5, 0.6) is 0 Å². The van der Waals surface area contributed by atoms with E-state index in [0.29, 0.717) is 0 Å². The molecule has 0 spiro atoms. The first-order chi connectivity index (χ1) is 15.4. The third-order valence-electron chi connectivity index (χ3n) is 6.96. The molecule has 4 heterocycles. The van der Waals surface area contributed by atoms with Gasteiger partial charge in [-0.2, -0.15) is 0 Å². The Morgan fingerprint density at radius 3 is 2.61 bits per heavy atom. The molecule has 0 radical (unpaired) electrons. The van der Waals surface area contributed by atoms with Crippen molar-refractivity contribution in [2.75, 3.05) is 0 Å². The summed E-state index contributed by atoms with van der Waals surface area (Å²) in [5.41, 5.74) is 13.6. The molecule has 2 aliphatic carbocycles. The first-order valence-corrected chi connectivity index (χ1v) is 10.6. The number of hydrogen-bond acceptors (Lipinski definition) is 3. The second-order valence-corrected chi connectivity index (χ2v) is 8.50. The highest BCUT2D eigenvalue weighted by molar-refractivity contribution is 6.10. The zero-order valence-corrected chi connectivity index (χ0v) is 16.6. The van der Waals surface area contributed by atoms with Crippen LogP contribution < -0.4 is 0 Å². The van der Waals surface area contributed by atoms with Crippen LogP contribution in [0.2, 0.25) is 0 Å². The number of pyridine rings is 3. The molecule has 0 unspecified atom stereocenters. The summed E-state index contributed by atoms with van der Waals surface area (Å²) >= 11 is 0. The first-order valence-electron chi connectivity index (χ1n) is 10.6. The summed E-state index contributed by atoms with van der Waals surface area (Å²) in [6.45, 7) is 0. The number of nitrogens with zero attached hydrogens (tertiary/aromatic N) is 4. The molecule has 0 aliphatic heterocycles. The minimum atomic E-state index is 0.886. The van der Waals surface area contributed by atoms with Crippen LogP contribution in [0.3, 0.4) is 0 Å². The zero-order chi connectivity index (χ0) is 20.1. The molecular weight excluding hydrogens is 380 g/mol.